The van der Waals surface area contributed by atoms with Gasteiger partial charge < -0.3 is 16.0 Å². The molecule has 6 nitrogen and oxygen atoms in total. The Morgan fingerprint density at radius 3 is 1.93 bits per heavy atom. The van der Waals surface area contributed by atoms with Crippen molar-refractivity contribution in [3.05, 3.63) is 77.0 Å². The lowest BCUT2D eigenvalue weighted by Gasteiger charge is -2.13. The second-order valence-corrected chi connectivity index (χ2v) is 7.04. The van der Waals surface area contributed by atoms with Crippen LogP contribution in [0.15, 0.2) is 54.7 Å². The first-order valence-corrected chi connectivity index (χ1v) is 9.32. The summed E-state index contributed by atoms with van der Waals surface area (Å²) in [4.78, 5) is 27.9. The van der Waals surface area contributed by atoms with E-state index in [-0.39, 0.29) is 11.8 Å². The fourth-order valence-corrected chi connectivity index (χ4v) is 3.15. The van der Waals surface area contributed by atoms with Crippen LogP contribution in [0, 0.1) is 20.8 Å². The van der Waals surface area contributed by atoms with Crippen LogP contribution in [0.5, 0.6) is 0 Å². The highest BCUT2D eigenvalue weighted by molar-refractivity contribution is 6.04. The van der Waals surface area contributed by atoms with Crippen molar-refractivity contribution in [1.82, 2.24) is 4.98 Å². The van der Waals surface area contributed by atoms with Crippen LogP contribution in [0.25, 0.3) is 0 Å². The average molecular weight is 388 g/mol. The predicted molar refractivity (Wildman–Crippen MR) is 117 cm³/mol. The molecule has 0 atom stereocenters. The first kappa shape index (κ1) is 20.1. The lowest BCUT2D eigenvalue weighted by atomic mass is 10.1. The van der Waals surface area contributed by atoms with Crippen molar-refractivity contribution >= 4 is 34.7 Å². The zero-order chi connectivity index (χ0) is 21.0. The minimum atomic E-state index is -0.251. The third kappa shape index (κ3) is 5.19. The number of hydrogen-bond acceptors (Lipinski definition) is 4. The quantitative estimate of drug-likeness (QED) is 0.577. The van der Waals surface area contributed by atoms with Crippen LogP contribution in [0.4, 0.5) is 22.9 Å². The average Bonchev–Trinajstić information content (AvgIpc) is 2.66. The van der Waals surface area contributed by atoms with Gasteiger partial charge in [-0.05, 0) is 68.3 Å². The number of benzene rings is 2. The molecule has 0 bridgehead atoms. The lowest BCUT2D eigenvalue weighted by Crippen LogP contribution is -2.12. The topological polar surface area (TPSA) is 83.1 Å². The summed E-state index contributed by atoms with van der Waals surface area (Å²) in [6.45, 7) is 7.63. The fraction of sp³-hybridized carbons (Fsp3) is 0.174. The molecule has 1 aromatic heterocycles. The Morgan fingerprint density at radius 2 is 1.41 bits per heavy atom. The molecule has 0 saturated carbocycles. The monoisotopic (exact) mass is 388 g/mol. The molecule has 29 heavy (non-hydrogen) atoms. The van der Waals surface area contributed by atoms with Gasteiger partial charge in [0.2, 0.25) is 5.91 Å². The van der Waals surface area contributed by atoms with Gasteiger partial charge >= 0.3 is 0 Å². The van der Waals surface area contributed by atoms with Crippen molar-refractivity contribution in [2.75, 3.05) is 16.0 Å². The first-order valence-electron chi connectivity index (χ1n) is 9.32. The van der Waals surface area contributed by atoms with Gasteiger partial charge in [-0.2, -0.15) is 0 Å². The van der Waals surface area contributed by atoms with Crippen molar-refractivity contribution in [3.63, 3.8) is 0 Å². The Kier molecular flexibility index (Phi) is 5.93. The Labute approximate surface area is 170 Å². The molecule has 2 aromatic carbocycles. The SMILES string of the molecule is CC(=O)Nc1ccc(NC(=O)c2ccc(Nc3c(C)cc(C)cc3C)nc2)cc1. The number of aryl methyl sites for hydroxylation is 3. The van der Waals surface area contributed by atoms with E-state index in [1.165, 1.54) is 12.5 Å². The van der Waals surface area contributed by atoms with Gasteiger partial charge in [-0.25, -0.2) is 4.98 Å². The van der Waals surface area contributed by atoms with Crippen LogP contribution >= 0.6 is 0 Å². The zero-order valence-electron chi connectivity index (χ0n) is 17.0. The molecule has 148 valence electrons. The van der Waals surface area contributed by atoms with Crippen molar-refractivity contribution in [1.29, 1.82) is 0 Å². The second-order valence-electron chi connectivity index (χ2n) is 7.04. The minimum Gasteiger partial charge on any atom is -0.340 e. The zero-order valence-corrected chi connectivity index (χ0v) is 17.0. The summed E-state index contributed by atoms with van der Waals surface area (Å²) >= 11 is 0. The molecule has 0 radical (unpaired) electrons. The highest BCUT2D eigenvalue weighted by atomic mass is 16.2. The summed E-state index contributed by atoms with van der Waals surface area (Å²) in [6, 6.07) is 14.7. The number of carbonyl (C=O) groups excluding carboxylic acids is 2. The van der Waals surface area contributed by atoms with Crippen molar-refractivity contribution in [2.45, 2.75) is 27.7 Å². The number of aromatic nitrogens is 1. The van der Waals surface area contributed by atoms with E-state index in [4.69, 9.17) is 0 Å². The van der Waals surface area contributed by atoms with E-state index >= 15 is 0 Å². The van der Waals surface area contributed by atoms with E-state index < -0.39 is 0 Å². The summed E-state index contributed by atoms with van der Waals surface area (Å²) < 4.78 is 0. The van der Waals surface area contributed by atoms with Crippen LogP contribution < -0.4 is 16.0 Å². The third-order valence-corrected chi connectivity index (χ3v) is 4.42. The predicted octanol–water partition coefficient (Wildman–Crippen LogP) is 4.96. The van der Waals surface area contributed by atoms with Gasteiger partial charge in [-0.3, -0.25) is 9.59 Å². The number of nitrogens with one attached hydrogen (secondary N) is 3. The minimum absolute atomic E-state index is 0.141. The highest BCUT2D eigenvalue weighted by Gasteiger charge is 2.09. The van der Waals surface area contributed by atoms with Gasteiger partial charge in [0.15, 0.2) is 0 Å². The molecule has 0 spiro atoms. The lowest BCUT2D eigenvalue weighted by molar-refractivity contribution is -0.114. The molecular formula is C23H24N4O2. The third-order valence-electron chi connectivity index (χ3n) is 4.42. The molecule has 1 heterocycles. The Bertz CT molecular complexity index is 1020. The molecule has 0 unspecified atom stereocenters. The van der Waals surface area contributed by atoms with E-state index in [9.17, 15) is 9.59 Å². The number of amides is 2. The molecule has 3 rings (SSSR count). The van der Waals surface area contributed by atoms with Gasteiger partial charge in [0.05, 0.1) is 5.56 Å². The van der Waals surface area contributed by atoms with E-state index in [2.05, 4.69) is 53.8 Å². The molecule has 0 fully saturated rings. The second kappa shape index (κ2) is 8.56. The normalized spacial score (nSPS) is 10.3. The standard InChI is InChI=1S/C23H24N4O2/c1-14-11-15(2)22(16(3)12-14)27-21-10-5-18(13-24-21)23(29)26-20-8-6-19(7-9-20)25-17(4)28/h5-13H,1-4H3,(H,24,27)(H,25,28)(H,26,29). The molecule has 3 aromatic rings. The highest BCUT2D eigenvalue weighted by Crippen LogP contribution is 2.25. The Balaban J connectivity index is 1.67. The summed E-state index contributed by atoms with van der Waals surface area (Å²) in [6.07, 6.45) is 1.54. The van der Waals surface area contributed by atoms with E-state index in [0.29, 0.717) is 22.8 Å². The van der Waals surface area contributed by atoms with Crippen LogP contribution in [-0.4, -0.2) is 16.8 Å². The maximum Gasteiger partial charge on any atom is 0.257 e. The molecule has 0 aliphatic heterocycles. The van der Waals surface area contributed by atoms with Gasteiger partial charge in [0.1, 0.15) is 5.82 Å². The van der Waals surface area contributed by atoms with E-state index in [0.717, 1.165) is 16.8 Å². The van der Waals surface area contributed by atoms with Crippen LogP contribution in [0.1, 0.15) is 34.0 Å². The Hall–Kier alpha value is -3.67. The molecule has 6 heteroatoms. The fourth-order valence-electron chi connectivity index (χ4n) is 3.15. The molecular weight excluding hydrogens is 364 g/mol. The summed E-state index contributed by atoms with van der Waals surface area (Å²) in [5.41, 5.74) is 6.31. The van der Waals surface area contributed by atoms with Gasteiger partial charge in [-0.1, -0.05) is 17.7 Å². The number of carbonyl (C=O) groups is 2. The maximum absolute atomic E-state index is 12.5. The van der Waals surface area contributed by atoms with Gasteiger partial charge in [0, 0.05) is 30.2 Å². The van der Waals surface area contributed by atoms with Crippen molar-refractivity contribution < 1.29 is 9.59 Å². The van der Waals surface area contributed by atoms with Crippen LogP contribution in [0.2, 0.25) is 0 Å². The number of hydrogen-bond donors (Lipinski definition) is 3. The number of rotatable bonds is 5. The number of pyridine rings is 1. The number of anilines is 4. The largest absolute Gasteiger partial charge is 0.340 e. The van der Waals surface area contributed by atoms with E-state index in [1.54, 1.807) is 42.6 Å². The molecule has 2 amide bonds. The van der Waals surface area contributed by atoms with Gasteiger partial charge in [-0.15, -0.1) is 0 Å². The van der Waals surface area contributed by atoms with Gasteiger partial charge in [0.25, 0.3) is 5.91 Å². The van der Waals surface area contributed by atoms with E-state index in [1.807, 2.05) is 0 Å². The van der Waals surface area contributed by atoms with Crippen LogP contribution in [0.3, 0.4) is 0 Å². The molecule has 0 aliphatic carbocycles. The summed E-state index contributed by atoms with van der Waals surface area (Å²) in [5, 5.41) is 8.83. The molecule has 3 N–H and O–H groups in total. The summed E-state index contributed by atoms with van der Waals surface area (Å²) in [7, 11) is 0. The maximum atomic E-state index is 12.5. The number of nitrogens with zero attached hydrogens (tertiary/aromatic N) is 1. The van der Waals surface area contributed by atoms with Crippen LogP contribution in [-0.2, 0) is 4.79 Å². The van der Waals surface area contributed by atoms with Crippen molar-refractivity contribution in [3.8, 4) is 0 Å². The first-order chi connectivity index (χ1) is 13.8. The molecule has 0 saturated heterocycles. The summed E-state index contributed by atoms with van der Waals surface area (Å²) in [5.74, 6) is 0.285. The Morgan fingerprint density at radius 1 is 0.828 bits per heavy atom. The van der Waals surface area contributed by atoms with Crippen molar-refractivity contribution in [2.24, 2.45) is 0 Å². The smallest absolute Gasteiger partial charge is 0.257 e. The molecule has 0 aliphatic rings.